The van der Waals surface area contributed by atoms with Crippen LogP contribution in [0.3, 0.4) is 0 Å². The first kappa shape index (κ1) is 26.8. The molecule has 6 heavy (non-hydrogen) atoms. The van der Waals surface area contributed by atoms with Gasteiger partial charge in [-0.15, -0.1) is 0 Å². The van der Waals surface area contributed by atoms with Crippen LogP contribution in [0.25, 0.3) is 0 Å². The van der Waals surface area contributed by atoms with E-state index < -0.39 is 0 Å². The van der Waals surface area contributed by atoms with Crippen LogP contribution in [-0.2, 0) is 39.0 Å². The Morgan fingerprint density at radius 1 is 0.833 bits per heavy atom. The van der Waals surface area contributed by atoms with Crippen LogP contribution < -0.4 is 0 Å². The summed E-state index contributed by atoms with van der Waals surface area (Å²) in [5, 5.41) is 0. The van der Waals surface area contributed by atoms with E-state index in [0.29, 0.717) is 0 Å². The molecular formula is C4H10Ru2. The van der Waals surface area contributed by atoms with Crippen LogP contribution in [0, 0.1) is 13.8 Å². The summed E-state index contributed by atoms with van der Waals surface area (Å²) >= 11 is 0. The van der Waals surface area contributed by atoms with Crippen molar-refractivity contribution in [3.05, 3.63) is 13.8 Å². The molecule has 0 amide bonds. The average molecular weight is 260 g/mol. The summed E-state index contributed by atoms with van der Waals surface area (Å²) in [7, 11) is 0. The normalized spacial score (nSPS) is 2.00. The van der Waals surface area contributed by atoms with Gasteiger partial charge < -0.3 is 13.8 Å². The molecule has 0 atom stereocenters. The summed E-state index contributed by atoms with van der Waals surface area (Å²) in [4.78, 5) is 0. The van der Waals surface area contributed by atoms with E-state index in [2.05, 4.69) is 13.8 Å². The van der Waals surface area contributed by atoms with Crippen molar-refractivity contribution in [2.75, 3.05) is 0 Å². The largest absolute Gasteiger partial charge is 2.00 e. The third-order valence-electron chi connectivity index (χ3n) is 0. The molecule has 0 spiro atoms. The first-order chi connectivity index (χ1) is 2.00. The molecule has 0 aliphatic heterocycles. The van der Waals surface area contributed by atoms with Crippen LogP contribution in [0.2, 0.25) is 0 Å². The molecule has 0 nitrogen and oxygen atoms in total. The fraction of sp³-hybridized carbons (Fsp3) is 0.500. The summed E-state index contributed by atoms with van der Waals surface area (Å²) in [5.41, 5.74) is 0. The molecule has 0 aliphatic carbocycles. The maximum Gasteiger partial charge on any atom is 2.00 e. The van der Waals surface area contributed by atoms with E-state index in [9.17, 15) is 0 Å². The fourth-order valence-corrected chi connectivity index (χ4v) is 0. The van der Waals surface area contributed by atoms with E-state index >= 15 is 0 Å². The minimum atomic E-state index is 0. The van der Waals surface area contributed by atoms with Gasteiger partial charge in [0.05, 0.1) is 0 Å². The van der Waals surface area contributed by atoms with E-state index in [1.807, 2.05) is 0 Å². The summed E-state index contributed by atoms with van der Waals surface area (Å²) in [5.74, 6) is 0. The second-order valence-electron chi connectivity index (χ2n) is 0. The molecule has 0 radical (unpaired) electrons. The molecule has 0 heterocycles. The zero-order valence-electron chi connectivity index (χ0n) is 4.12. The van der Waals surface area contributed by atoms with Crippen molar-refractivity contribution < 1.29 is 39.0 Å². The molecule has 0 saturated heterocycles. The zero-order chi connectivity index (χ0) is 4.00. The van der Waals surface area contributed by atoms with Crippen molar-refractivity contribution in [3.63, 3.8) is 0 Å². The van der Waals surface area contributed by atoms with Gasteiger partial charge in [-0.2, -0.15) is 13.8 Å². The Labute approximate surface area is 66.6 Å². The monoisotopic (exact) mass is 262 g/mol. The summed E-state index contributed by atoms with van der Waals surface area (Å²) < 4.78 is 0. The average Bonchev–Trinajstić information content (AvgIpc) is 1.50. The zero-order valence-corrected chi connectivity index (χ0v) is 7.60. The van der Waals surface area contributed by atoms with Gasteiger partial charge in [-0.1, -0.05) is 0 Å². The van der Waals surface area contributed by atoms with Gasteiger partial charge in [-0.05, 0) is 0 Å². The third-order valence-corrected chi connectivity index (χ3v) is 0. The standard InChI is InChI=1S/2C2H5.2Ru/c2*1-2;;/h2*1H2,2H3;;/q2*-1;;+2. The van der Waals surface area contributed by atoms with Crippen molar-refractivity contribution in [1.29, 1.82) is 0 Å². The van der Waals surface area contributed by atoms with Crippen LogP contribution in [0.5, 0.6) is 0 Å². The number of hydrogen-bond donors (Lipinski definition) is 0. The van der Waals surface area contributed by atoms with E-state index in [1.54, 1.807) is 13.8 Å². The topological polar surface area (TPSA) is 0 Å². The van der Waals surface area contributed by atoms with Crippen LogP contribution in [0.4, 0.5) is 0 Å². The van der Waals surface area contributed by atoms with Crippen molar-refractivity contribution >= 4 is 0 Å². The predicted octanol–water partition coefficient (Wildman–Crippen LogP) is 1.68. The van der Waals surface area contributed by atoms with E-state index in [0.717, 1.165) is 0 Å². The molecule has 0 aromatic carbocycles. The van der Waals surface area contributed by atoms with Gasteiger partial charge in [0.1, 0.15) is 0 Å². The Morgan fingerprint density at radius 3 is 0.833 bits per heavy atom. The molecule has 0 bridgehead atoms. The van der Waals surface area contributed by atoms with Gasteiger partial charge >= 0.3 is 19.5 Å². The summed E-state index contributed by atoms with van der Waals surface area (Å²) in [6, 6.07) is 0. The third kappa shape index (κ3) is 60.9. The van der Waals surface area contributed by atoms with Crippen molar-refractivity contribution in [1.82, 2.24) is 0 Å². The van der Waals surface area contributed by atoms with Gasteiger partial charge in [0.25, 0.3) is 0 Å². The molecule has 0 N–H and O–H groups in total. The second-order valence-corrected chi connectivity index (χ2v) is 0. The summed E-state index contributed by atoms with van der Waals surface area (Å²) in [6.45, 7) is 10.0. The van der Waals surface area contributed by atoms with Gasteiger partial charge in [-0.25, -0.2) is 0 Å². The van der Waals surface area contributed by atoms with Crippen LogP contribution in [-0.4, -0.2) is 0 Å². The Morgan fingerprint density at radius 2 is 0.833 bits per heavy atom. The molecule has 2 heteroatoms. The SMILES string of the molecule is [CH2-]C.[CH2-]C.[Ru+2].[Ru]. The molecule has 42 valence electrons. The maximum absolute atomic E-state index is 3.25. The van der Waals surface area contributed by atoms with Crippen LogP contribution in [0.1, 0.15) is 13.8 Å². The molecule has 0 aliphatic rings. The predicted molar refractivity (Wildman–Crippen MR) is 22.1 cm³/mol. The minimum absolute atomic E-state index is 0. The molecule has 0 saturated carbocycles. The maximum atomic E-state index is 3.25. The summed E-state index contributed by atoms with van der Waals surface area (Å²) in [6.07, 6.45) is 0. The van der Waals surface area contributed by atoms with Gasteiger partial charge in [0.15, 0.2) is 0 Å². The molecule has 0 unspecified atom stereocenters. The van der Waals surface area contributed by atoms with Crippen molar-refractivity contribution in [3.8, 4) is 0 Å². The Balaban J connectivity index is -0.00000000500. The molecule has 0 aromatic rings. The van der Waals surface area contributed by atoms with Gasteiger partial charge in [-0.3, -0.25) is 0 Å². The fourth-order valence-electron chi connectivity index (χ4n) is 0. The van der Waals surface area contributed by atoms with Crippen LogP contribution >= 0.6 is 0 Å². The Kier molecular flexibility index (Phi) is 495. The van der Waals surface area contributed by atoms with Crippen molar-refractivity contribution in [2.45, 2.75) is 13.8 Å². The smallest absolute Gasteiger partial charge is 0.346 e. The molecule has 0 aromatic heterocycles. The van der Waals surface area contributed by atoms with E-state index in [-0.39, 0.29) is 39.0 Å². The first-order valence-electron chi connectivity index (χ1n) is 1.41. The Hall–Kier alpha value is 1.25. The number of rotatable bonds is 0. The van der Waals surface area contributed by atoms with Gasteiger partial charge in [0, 0.05) is 19.5 Å². The second kappa shape index (κ2) is 111. The number of hydrogen-bond acceptors (Lipinski definition) is 0. The van der Waals surface area contributed by atoms with E-state index in [4.69, 9.17) is 0 Å². The van der Waals surface area contributed by atoms with Gasteiger partial charge in [0.2, 0.25) is 0 Å². The van der Waals surface area contributed by atoms with E-state index in [1.165, 1.54) is 0 Å². The molecule has 0 fully saturated rings. The molecule has 0 rings (SSSR count). The first-order valence-corrected chi connectivity index (χ1v) is 1.41. The minimum Gasteiger partial charge on any atom is -0.346 e. The Bertz CT molecular complexity index is 5.51. The quantitative estimate of drug-likeness (QED) is 0.459. The molecular weight excluding hydrogens is 250 g/mol. The van der Waals surface area contributed by atoms with Crippen LogP contribution in [0.15, 0.2) is 0 Å². The van der Waals surface area contributed by atoms with Crippen molar-refractivity contribution in [2.24, 2.45) is 0 Å².